The maximum Gasteiger partial charge on any atom is 0.295 e. The van der Waals surface area contributed by atoms with Gasteiger partial charge in [-0.2, -0.15) is 0 Å². The molecular weight excluding hydrogens is 420 g/mol. The summed E-state index contributed by atoms with van der Waals surface area (Å²) >= 11 is 0. The minimum atomic E-state index is -0.795. The van der Waals surface area contributed by atoms with Crippen LogP contribution in [-0.2, 0) is 9.59 Å². The van der Waals surface area contributed by atoms with Gasteiger partial charge < -0.3 is 24.7 Å². The number of phenolic OH excluding ortho intramolecular Hbond substituents is 1. The van der Waals surface area contributed by atoms with E-state index in [0.29, 0.717) is 31.0 Å². The number of ether oxygens (including phenoxy) is 1. The van der Waals surface area contributed by atoms with Crippen molar-refractivity contribution in [3.8, 4) is 11.5 Å². The van der Waals surface area contributed by atoms with Gasteiger partial charge in [0, 0.05) is 13.1 Å². The number of rotatable bonds is 8. The zero-order chi connectivity index (χ0) is 24.3. The monoisotopic (exact) mass is 452 g/mol. The van der Waals surface area contributed by atoms with E-state index in [-0.39, 0.29) is 22.6 Å². The SMILES string of the molecule is CCCOc1cccc(C2C(=C(O)c3cc(C)c(C)cc3O)C(=O)C(=O)N2CCN(C)C)c1. The van der Waals surface area contributed by atoms with Crippen molar-refractivity contribution in [2.75, 3.05) is 33.8 Å². The van der Waals surface area contributed by atoms with E-state index in [1.165, 1.54) is 4.90 Å². The summed E-state index contributed by atoms with van der Waals surface area (Å²) in [6.45, 7) is 7.10. The zero-order valence-corrected chi connectivity index (χ0v) is 19.9. The van der Waals surface area contributed by atoms with Gasteiger partial charge in [-0.1, -0.05) is 19.1 Å². The van der Waals surface area contributed by atoms with Crippen LogP contribution in [0.25, 0.3) is 5.76 Å². The summed E-state index contributed by atoms with van der Waals surface area (Å²) in [6, 6.07) is 9.61. The van der Waals surface area contributed by atoms with Crippen LogP contribution < -0.4 is 4.74 Å². The summed E-state index contributed by atoms with van der Waals surface area (Å²) in [5.41, 5.74) is 2.46. The van der Waals surface area contributed by atoms with Crippen molar-refractivity contribution in [3.05, 3.63) is 64.2 Å². The highest BCUT2D eigenvalue weighted by molar-refractivity contribution is 6.46. The number of likely N-dealkylation sites (N-methyl/N-ethyl adjacent to an activating group) is 1. The minimum Gasteiger partial charge on any atom is -0.507 e. The Kier molecular flexibility index (Phi) is 7.43. The second kappa shape index (κ2) is 10.1. The van der Waals surface area contributed by atoms with Crippen LogP contribution in [0.4, 0.5) is 0 Å². The molecule has 7 heteroatoms. The quantitative estimate of drug-likeness (QED) is 0.360. The second-order valence-electron chi connectivity index (χ2n) is 8.67. The number of ketones is 1. The van der Waals surface area contributed by atoms with E-state index in [2.05, 4.69) is 0 Å². The van der Waals surface area contributed by atoms with Crippen molar-refractivity contribution in [1.29, 1.82) is 0 Å². The summed E-state index contributed by atoms with van der Waals surface area (Å²) in [7, 11) is 3.77. The summed E-state index contributed by atoms with van der Waals surface area (Å²) in [4.78, 5) is 29.6. The average Bonchev–Trinajstić information content (AvgIpc) is 3.03. The third kappa shape index (κ3) is 5.03. The molecule has 0 aliphatic carbocycles. The third-order valence-electron chi connectivity index (χ3n) is 5.84. The minimum absolute atomic E-state index is 0.0371. The number of hydrogen-bond donors (Lipinski definition) is 2. The lowest BCUT2D eigenvalue weighted by molar-refractivity contribution is -0.140. The summed E-state index contributed by atoms with van der Waals surface area (Å²) < 4.78 is 5.76. The summed E-state index contributed by atoms with van der Waals surface area (Å²) in [6.07, 6.45) is 0.845. The van der Waals surface area contributed by atoms with Gasteiger partial charge >= 0.3 is 0 Å². The van der Waals surface area contributed by atoms with Gasteiger partial charge in [0.15, 0.2) is 0 Å². The van der Waals surface area contributed by atoms with Crippen molar-refractivity contribution in [2.24, 2.45) is 0 Å². The van der Waals surface area contributed by atoms with Crippen LogP contribution in [0.3, 0.4) is 0 Å². The van der Waals surface area contributed by atoms with Gasteiger partial charge in [-0.3, -0.25) is 9.59 Å². The van der Waals surface area contributed by atoms with Crippen LogP contribution in [0, 0.1) is 13.8 Å². The molecule has 1 amide bonds. The standard InChI is InChI=1S/C26H32N2O5/c1-6-12-33-19-9-7-8-18(15-19)23-22(25(31)26(32)28(23)11-10-27(4)5)24(30)20-13-16(2)17(3)14-21(20)29/h7-9,13-15,23,29-30H,6,10-12H2,1-5H3. The molecule has 3 rings (SSSR count). The fourth-order valence-electron chi connectivity index (χ4n) is 3.89. The Labute approximate surface area is 194 Å². The highest BCUT2D eigenvalue weighted by Crippen LogP contribution is 2.41. The zero-order valence-electron chi connectivity index (χ0n) is 19.9. The Balaban J connectivity index is 2.18. The summed E-state index contributed by atoms with van der Waals surface area (Å²) in [5.74, 6) is -1.35. The lowest BCUT2D eigenvalue weighted by atomic mass is 9.93. The van der Waals surface area contributed by atoms with Crippen molar-refractivity contribution in [1.82, 2.24) is 9.80 Å². The number of phenols is 1. The van der Waals surface area contributed by atoms with Gasteiger partial charge in [0.1, 0.15) is 17.3 Å². The van der Waals surface area contributed by atoms with Crippen molar-refractivity contribution < 1.29 is 24.5 Å². The lowest BCUT2D eigenvalue weighted by Crippen LogP contribution is -2.35. The molecule has 33 heavy (non-hydrogen) atoms. The fourth-order valence-corrected chi connectivity index (χ4v) is 3.89. The molecule has 1 atom stereocenters. The van der Waals surface area contributed by atoms with E-state index in [9.17, 15) is 19.8 Å². The molecule has 0 spiro atoms. The molecule has 1 aliphatic rings. The van der Waals surface area contributed by atoms with Crippen LogP contribution in [0.2, 0.25) is 0 Å². The van der Waals surface area contributed by atoms with Crippen LogP contribution >= 0.6 is 0 Å². The number of Topliss-reactive ketones (excluding diaryl/α,β-unsaturated/α-hetero) is 1. The first kappa shape index (κ1) is 24.3. The maximum atomic E-state index is 13.1. The molecule has 1 saturated heterocycles. The number of aliphatic hydroxyl groups excluding tert-OH is 1. The van der Waals surface area contributed by atoms with E-state index in [1.807, 2.05) is 51.9 Å². The first-order valence-corrected chi connectivity index (χ1v) is 11.1. The highest BCUT2D eigenvalue weighted by Gasteiger charge is 2.46. The number of amides is 1. The van der Waals surface area contributed by atoms with Gasteiger partial charge in [0.05, 0.1) is 23.8 Å². The third-order valence-corrected chi connectivity index (χ3v) is 5.84. The second-order valence-corrected chi connectivity index (χ2v) is 8.67. The van der Waals surface area contributed by atoms with Crippen molar-refractivity contribution in [2.45, 2.75) is 33.2 Å². The number of aliphatic hydroxyl groups is 1. The molecule has 2 aromatic rings. The first-order chi connectivity index (χ1) is 15.6. The Bertz CT molecular complexity index is 1090. The number of carbonyl (C=O) groups excluding carboxylic acids is 2. The molecule has 176 valence electrons. The Morgan fingerprint density at radius 2 is 1.82 bits per heavy atom. The van der Waals surface area contributed by atoms with Crippen molar-refractivity contribution >= 4 is 17.4 Å². The smallest absolute Gasteiger partial charge is 0.295 e. The van der Waals surface area contributed by atoms with Crippen LogP contribution in [-0.4, -0.2) is 65.5 Å². The van der Waals surface area contributed by atoms with Gasteiger partial charge in [-0.25, -0.2) is 0 Å². The molecule has 0 aromatic heterocycles. The van der Waals surface area contributed by atoms with E-state index >= 15 is 0 Å². The number of nitrogens with zero attached hydrogens (tertiary/aromatic N) is 2. The molecule has 2 N–H and O–H groups in total. The molecule has 1 unspecified atom stereocenters. The van der Waals surface area contributed by atoms with Crippen LogP contribution in [0.15, 0.2) is 42.0 Å². The van der Waals surface area contributed by atoms with Gasteiger partial charge in [-0.05, 0) is 75.3 Å². The molecule has 0 radical (unpaired) electrons. The Hall–Kier alpha value is -3.32. The number of hydrogen-bond acceptors (Lipinski definition) is 6. The Morgan fingerprint density at radius 3 is 2.48 bits per heavy atom. The van der Waals surface area contributed by atoms with Gasteiger partial charge in [0.25, 0.3) is 11.7 Å². The first-order valence-electron chi connectivity index (χ1n) is 11.1. The predicted molar refractivity (Wildman–Crippen MR) is 127 cm³/mol. The van der Waals surface area contributed by atoms with Gasteiger partial charge in [-0.15, -0.1) is 0 Å². The molecule has 0 bridgehead atoms. The van der Waals surface area contributed by atoms with Crippen LogP contribution in [0.5, 0.6) is 11.5 Å². The van der Waals surface area contributed by atoms with Crippen LogP contribution in [0.1, 0.15) is 41.6 Å². The molecular formula is C26H32N2O5. The fraction of sp³-hybridized carbons (Fsp3) is 0.385. The summed E-state index contributed by atoms with van der Waals surface area (Å²) in [5, 5.41) is 21.7. The number of aryl methyl sites for hydroxylation is 2. The maximum absolute atomic E-state index is 13.1. The number of carbonyl (C=O) groups is 2. The number of likely N-dealkylation sites (tertiary alicyclic amines) is 1. The lowest BCUT2D eigenvalue weighted by Gasteiger charge is -2.27. The van der Waals surface area contributed by atoms with E-state index in [1.54, 1.807) is 24.3 Å². The molecule has 1 heterocycles. The van der Waals surface area contributed by atoms with Crippen molar-refractivity contribution in [3.63, 3.8) is 0 Å². The number of benzene rings is 2. The highest BCUT2D eigenvalue weighted by atomic mass is 16.5. The largest absolute Gasteiger partial charge is 0.507 e. The topological polar surface area (TPSA) is 90.3 Å². The van der Waals surface area contributed by atoms with E-state index in [4.69, 9.17) is 4.74 Å². The van der Waals surface area contributed by atoms with E-state index in [0.717, 1.165) is 17.5 Å². The molecule has 0 saturated carbocycles. The number of aromatic hydroxyl groups is 1. The average molecular weight is 453 g/mol. The molecule has 1 aliphatic heterocycles. The normalized spacial score (nSPS) is 17.8. The molecule has 1 fully saturated rings. The van der Waals surface area contributed by atoms with Gasteiger partial charge in [0.2, 0.25) is 0 Å². The molecule has 2 aromatic carbocycles. The predicted octanol–water partition coefficient (Wildman–Crippen LogP) is 3.78. The molecule has 7 nitrogen and oxygen atoms in total. The van der Waals surface area contributed by atoms with E-state index < -0.39 is 17.7 Å². The Morgan fingerprint density at radius 1 is 1.12 bits per heavy atom.